The average molecular weight is 296 g/mol. The van der Waals surface area contributed by atoms with Crippen molar-refractivity contribution in [1.29, 1.82) is 0 Å². The van der Waals surface area contributed by atoms with E-state index >= 15 is 0 Å². The van der Waals surface area contributed by atoms with Crippen molar-refractivity contribution >= 4 is 34.7 Å². The third kappa shape index (κ3) is 3.45. The molecule has 0 aromatic carbocycles. The number of hydrogen-bond donors (Lipinski definition) is 2. The molecule has 6 heteroatoms. The van der Waals surface area contributed by atoms with Crippen molar-refractivity contribution in [3.63, 3.8) is 0 Å². The SMILES string of the molecule is CNc1cc(C(=O)NC(C)c2cccs2)cc(Cl)n1. The zero-order chi connectivity index (χ0) is 13.8. The Hall–Kier alpha value is -1.59. The van der Waals surface area contributed by atoms with Crippen LogP contribution in [-0.2, 0) is 0 Å². The number of anilines is 1. The van der Waals surface area contributed by atoms with Gasteiger partial charge in [-0.3, -0.25) is 4.79 Å². The summed E-state index contributed by atoms with van der Waals surface area (Å²) in [6.07, 6.45) is 0. The van der Waals surface area contributed by atoms with Gasteiger partial charge in [0, 0.05) is 17.5 Å². The zero-order valence-electron chi connectivity index (χ0n) is 10.6. The predicted molar refractivity (Wildman–Crippen MR) is 79.0 cm³/mol. The first-order chi connectivity index (χ1) is 9.10. The van der Waals surface area contributed by atoms with E-state index in [-0.39, 0.29) is 11.9 Å². The van der Waals surface area contributed by atoms with Crippen molar-refractivity contribution in [2.45, 2.75) is 13.0 Å². The Kier molecular flexibility index (Phi) is 4.39. The molecular formula is C13H14ClN3OS. The number of halogens is 1. The molecule has 1 amide bonds. The van der Waals surface area contributed by atoms with Crippen LogP contribution < -0.4 is 10.6 Å². The van der Waals surface area contributed by atoms with Gasteiger partial charge in [-0.2, -0.15) is 0 Å². The van der Waals surface area contributed by atoms with Gasteiger partial charge < -0.3 is 10.6 Å². The van der Waals surface area contributed by atoms with Crippen molar-refractivity contribution in [3.8, 4) is 0 Å². The van der Waals surface area contributed by atoms with Gasteiger partial charge in [0.1, 0.15) is 11.0 Å². The van der Waals surface area contributed by atoms with E-state index in [1.165, 1.54) is 0 Å². The smallest absolute Gasteiger partial charge is 0.252 e. The summed E-state index contributed by atoms with van der Waals surface area (Å²) in [7, 11) is 1.73. The maximum atomic E-state index is 12.1. The van der Waals surface area contributed by atoms with Crippen LogP contribution in [0.4, 0.5) is 5.82 Å². The summed E-state index contributed by atoms with van der Waals surface area (Å²) < 4.78 is 0. The van der Waals surface area contributed by atoms with E-state index in [0.29, 0.717) is 16.5 Å². The number of thiophene rings is 1. The van der Waals surface area contributed by atoms with Crippen molar-refractivity contribution in [2.24, 2.45) is 0 Å². The van der Waals surface area contributed by atoms with Gasteiger partial charge in [-0.1, -0.05) is 17.7 Å². The molecule has 2 aromatic heterocycles. The molecule has 0 spiro atoms. The Morgan fingerprint density at radius 1 is 1.47 bits per heavy atom. The van der Waals surface area contributed by atoms with E-state index in [1.54, 1.807) is 30.5 Å². The summed E-state index contributed by atoms with van der Waals surface area (Å²) in [5.41, 5.74) is 0.493. The zero-order valence-corrected chi connectivity index (χ0v) is 12.2. The quantitative estimate of drug-likeness (QED) is 0.851. The molecule has 0 aliphatic carbocycles. The van der Waals surface area contributed by atoms with Crippen molar-refractivity contribution < 1.29 is 4.79 Å². The Morgan fingerprint density at radius 3 is 2.89 bits per heavy atom. The number of amides is 1. The van der Waals surface area contributed by atoms with Gasteiger partial charge in [-0.25, -0.2) is 4.98 Å². The van der Waals surface area contributed by atoms with Crippen LogP contribution in [0.5, 0.6) is 0 Å². The molecule has 100 valence electrons. The second-order valence-electron chi connectivity index (χ2n) is 4.02. The minimum atomic E-state index is -0.165. The highest BCUT2D eigenvalue weighted by atomic mass is 35.5. The molecule has 2 rings (SSSR count). The fraction of sp³-hybridized carbons (Fsp3) is 0.231. The Morgan fingerprint density at radius 2 is 2.26 bits per heavy atom. The number of hydrogen-bond acceptors (Lipinski definition) is 4. The summed E-state index contributed by atoms with van der Waals surface area (Å²) in [6, 6.07) is 7.15. The van der Waals surface area contributed by atoms with Crippen LogP contribution in [-0.4, -0.2) is 17.9 Å². The van der Waals surface area contributed by atoms with Gasteiger partial charge in [-0.05, 0) is 30.5 Å². The molecule has 0 aliphatic heterocycles. The average Bonchev–Trinajstić information content (AvgIpc) is 2.91. The van der Waals surface area contributed by atoms with Crippen LogP contribution in [0.1, 0.15) is 28.2 Å². The highest BCUT2D eigenvalue weighted by Gasteiger charge is 2.13. The molecule has 0 bridgehead atoms. The lowest BCUT2D eigenvalue weighted by Crippen LogP contribution is -2.26. The minimum Gasteiger partial charge on any atom is -0.373 e. The van der Waals surface area contributed by atoms with E-state index in [4.69, 9.17) is 11.6 Å². The van der Waals surface area contributed by atoms with Gasteiger partial charge in [-0.15, -0.1) is 11.3 Å². The molecule has 0 saturated heterocycles. The summed E-state index contributed by atoms with van der Waals surface area (Å²) >= 11 is 7.49. The monoisotopic (exact) mass is 295 g/mol. The number of carbonyl (C=O) groups is 1. The second kappa shape index (κ2) is 6.04. The third-order valence-electron chi connectivity index (χ3n) is 2.63. The van der Waals surface area contributed by atoms with Crippen LogP contribution in [0, 0.1) is 0 Å². The van der Waals surface area contributed by atoms with E-state index < -0.39 is 0 Å². The molecule has 0 radical (unpaired) electrons. The fourth-order valence-corrected chi connectivity index (χ4v) is 2.59. The predicted octanol–water partition coefficient (Wildman–Crippen LogP) is 3.33. The number of nitrogens with zero attached hydrogens (tertiary/aromatic N) is 1. The van der Waals surface area contributed by atoms with Crippen molar-refractivity contribution in [1.82, 2.24) is 10.3 Å². The number of pyridine rings is 1. The second-order valence-corrected chi connectivity index (χ2v) is 5.39. The number of nitrogens with one attached hydrogen (secondary N) is 2. The molecule has 1 unspecified atom stereocenters. The first kappa shape index (κ1) is 13.8. The largest absolute Gasteiger partial charge is 0.373 e. The Bertz CT molecular complexity index is 571. The molecule has 4 nitrogen and oxygen atoms in total. The lowest BCUT2D eigenvalue weighted by Gasteiger charge is -2.12. The molecule has 0 aliphatic rings. The van der Waals surface area contributed by atoms with Gasteiger partial charge in [0.15, 0.2) is 0 Å². The summed E-state index contributed by atoms with van der Waals surface area (Å²) in [5.74, 6) is 0.406. The molecular weight excluding hydrogens is 282 g/mol. The van der Waals surface area contributed by atoms with Crippen LogP contribution in [0.3, 0.4) is 0 Å². The maximum Gasteiger partial charge on any atom is 0.252 e. The number of aromatic nitrogens is 1. The lowest BCUT2D eigenvalue weighted by molar-refractivity contribution is 0.0940. The molecule has 1 atom stereocenters. The molecule has 19 heavy (non-hydrogen) atoms. The Balaban J connectivity index is 2.13. The van der Waals surface area contributed by atoms with E-state index in [2.05, 4.69) is 15.6 Å². The van der Waals surface area contributed by atoms with Crippen LogP contribution in [0.25, 0.3) is 0 Å². The summed E-state index contributed by atoms with van der Waals surface area (Å²) in [4.78, 5) is 17.3. The maximum absolute atomic E-state index is 12.1. The van der Waals surface area contributed by atoms with E-state index in [1.807, 2.05) is 24.4 Å². The van der Waals surface area contributed by atoms with Crippen LogP contribution in [0.15, 0.2) is 29.6 Å². The normalized spacial score (nSPS) is 11.9. The molecule has 2 N–H and O–H groups in total. The van der Waals surface area contributed by atoms with E-state index in [9.17, 15) is 4.79 Å². The summed E-state index contributed by atoms with van der Waals surface area (Å²) in [5, 5.41) is 8.08. The minimum absolute atomic E-state index is 0.0301. The molecule has 0 fully saturated rings. The highest BCUT2D eigenvalue weighted by Crippen LogP contribution is 2.20. The van der Waals surface area contributed by atoms with Gasteiger partial charge in [0.05, 0.1) is 6.04 Å². The standard InChI is InChI=1S/C13H14ClN3OS/c1-8(10-4-3-5-19-10)16-13(18)9-6-11(14)17-12(7-9)15-2/h3-8H,1-2H3,(H,15,17)(H,16,18). The first-order valence-electron chi connectivity index (χ1n) is 5.79. The fourth-order valence-electron chi connectivity index (χ4n) is 1.64. The molecule has 2 aromatic rings. The molecule has 0 saturated carbocycles. The van der Waals surface area contributed by atoms with E-state index in [0.717, 1.165) is 4.88 Å². The number of rotatable bonds is 4. The third-order valence-corrected chi connectivity index (χ3v) is 3.88. The van der Waals surface area contributed by atoms with Gasteiger partial charge in [0.2, 0.25) is 0 Å². The first-order valence-corrected chi connectivity index (χ1v) is 7.05. The van der Waals surface area contributed by atoms with Crippen molar-refractivity contribution in [2.75, 3.05) is 12.4 Å². The topological polar surface area (TPSA) is 54.0 Å². The molecule has 2 heterocycles. The van der Waals surface area contributed by atoms with Crippen LogP contribution >= 0.6 is 22.9 Å². The van der Waals surface area contributed by atoms with Crippen molar-refractivity contribution in [3.05, 3.63) is 45.2 Å². The van der Waals surface area contributed by atoms with Crippen LogP contribution in [0.2, 0.25) is 5.15 Å². The lowest BCUT2D eigenvalue weighted by atomic mass is 10.2. The highest BCUT2D eigenvalue weighted by molar-refractivity contribution is 7.10. The Labute approximate surface area is 120 Å². The van der Waals surface area contributed by atoms with Gasteiger partial charge >= 0.3 is 0 Å². The summed E-state index contributed by atoms with van der Waals surface area (Å²) in [6.45, 7) is 1.95. The number of carbonyl (C=O) groups excluding carboxylic acids is 1. The van der Waals surface area contributed by atoms with Gasteiger partial charge in [0.25, 0.3) is 5.91 Å².